The van der Waals surface area contributed by atoms with Crippen LogP contribution in [0.4, 0.5) is 0 Å². The number of ether oxygens (including phenoxy) is 1. The topological polar surface area (TPSA) is 36.5 Å². The van der Waals surface area contributed by atoms with Crippen LogP contribution in [0.2, 0.25) is 0 Å². The third-order valence-corrected chi connectivity index (χ3v) is 5.81. The molecule has 1 aliphatic heterocycles. The lowest BCUT2D eigenvalue weighted by Gasteiger charge is -2.37. The molecule has 0 radical (unpaired) electrons. The highest BCUT2D eigenvalue weighted by molar-refractivity contribution is 4.80. The summed E-state index contributed by atoms with van der Waals surface area (Å²) in [6.07, 6.45) is 8.66. The first-order valence-corrected chi connectivity index (χ1v) is 10.4. The lowest BCUT2D eigenvalue weighted by molar-refractivity contribution is -0.0501. The average molecular weight is 340 g/mol. The molecule has 24 heavy (non-hydrogen) atoms. The maximum absolute atomic E-state index is 6.36. The number of nitrogens with zero attached hydrogens (tertiary/aromatic N) is 1. The van der Waals surface area contributed by atoms with Gasteiger partial charge in [-0.3, -0.25) is 4.90 Å². The number of nitrogens with one attached hydrogen (secondary N) is 2. The van der Waals surface area contributed by atoms with Crippen molar-refractivity contribution in [2.24, 2.45) is 5.92 Å². The molecule has 2 aliphatic rings. The van der Waals surface area contributed by atoms with Crippen molar-refractivity contribution in [2.75, 3.05) is 32.7 Å². The van der Waals surface area contributed by atoms with Crippen LogP contribution in [0.5, 0.6) is 0 Å². The predicted octanol–water partition coefficient (Wildman–Crippen LogP) is 3.02. The van der Waals surface area contributed by atoms with Gasteiger partial charge in [-0.15, -0.1) is 0 Å². The first-order chi connectivity index (χ1) is 11.6. The predicted molar refractivity (Wildman–Crippen MR) is 103 cm³/mol. The monoisotopic (exact) mass is 339 g/mol. The van der Waals surface area contributed by atoms with Gasteiger partial charge < -0.3 is 15.4 Å². The standard InChI is InChI=1S/C20H41N3O/c1-5-23(17(4)14-22-16(2)3)15-18-6-8-19(9-7-18)24-20-10-12-21-13-11-20/h16-22H,5-15H2,1-4H3. The van der Waals surface area contributed by atoms with Gasteiger partial charge in [0.2, 0.25) is 0 Å². The van der Waals surface area contributed by atoms with Crippen molar-refractivity contribution in [3.05, 3.63) is 0 Å². The van der Waals surface area contributed by atoms with Crippen LogP contribution in [-0.4, -0.2) is 61.9 Å². The maximum atomic E-state index is 6.36. The second-order valence-electron chi connectivity index (χ2n) is 8.23. The third-order valence-electron chi connectivity index (χ3n) is 5.81. The number of hydrogen-bond acceptors (Lipinski definition) is 4. The summed E-state index contributed by atoms with van der Waals surface area (Å²) < 4.78 is 6.36. The molecule has 0 amide bonds. The molecule has 1 heterocycles. The molecule has 1 aliphatic carbocycles. The van der Waals surface area contributed by atoms with Crippen molar-refractivity contribution in [1.82, 2.24) is 15.5 Å². The molecule has 0 bridgehead atoms. The molecule has 0 spiro atoms. The summed E-state index contributed by atoms with van der Waals surface area (Å²) in [4.78, 5) is 2.66. The van der Waals surface area contributed by atoms with Crippen molar-refractivity contribution < 1.29 is 4.74 Å². The van der Waals surface area contributed by atoms with E-state index in [2.05, 4.69) is 43.2 Å². The Bertz CT molecular complexity index is 323. The Morgan fingerprint density at radius 3 is 2.21 bits per heavy atom. The van der Waals surface area contributed by atoms with Gasteiger partial charge in [0.15, 0.2) is 0 Å². The summed E-state index contributed by atoms with van der Waals surface area (Å²) in [6, 6.07) is 1.20. The summed E-state index contributed by atoms with van der Waals surface area (Å²) in [5, 5.41) is 7.01. The fraction of sp³-hybridized carbons (Fsp3) is 1.00. The van der Waals surface area contributed by atoms with Crippen LogP contribution in [0.25, 0.3) is 0 Å². The van der Waals surface area contributed by atoms with E-state index in [9.17, 15) is 0 Å². The third kappa shape index (κ3) is 6.99. The molecule has 0 aromatic carbocycles. The van der Waals surface area contributed by atoms with Gasteiger partial charge in [-0.05, 0) is 71.0 Å². The van der Waals surface area contributed by atoms with Gasteiger partial charge in [0.05, 0.1) is 12.2 Å². The summed E-state index contributed by atoms with van der Waals surface area (Å²) in [6.45, 7) is 14.9. The minimum atomic E-state index is 0.516. The second kappa shape index (κ2) is 10.7. The molecule has 1 unspecified atom stereocenters. The molecule has 4 nitrogen and oxygen atoms in total. The summed E-state index contributed by atoms with van der Waals surface area (Å²) in [5.74, 6) is 0.860. The Balaban J connectivity index is 1.66. The molecule has 2 fully saturated rings. The van der Waals surface area contributed by atoms with E-state index in [1.807, 2.05) is 0 Å². The Kier molecular flexibility index (Phi) is 9.02. The Morgan fingerprint density at radius 1 is 1.00 bits per heavy atom. The van der Waals surface area contributed by atoms with E-state index >= 15 is 0 Å². The highest BCUT2D eigenvalue weighted by Crippen LogP contribution is 2.29. The average Bonchev–Trinajstić information content (AvgIpc) is 2.60. The van der Waals surface area contributed by atoms with Gasteiger partial charge in [0.1, 0.15) is 0 Å². The SMILES string of the molecule is CCN(CC1CCC(OC2CCNCC2)CC1)C(C)CNC(C)C. The molecule has 0 aromatic rings. The van der Waals surface area contributed by atoms with E-state index in [0.717, 1.165) is 32.1 Å². The zero-order valence-electron chi connectivity index (χ0n) is 16.5. The van der Waals surface area contributed by atoms with Crippen LogP contribution in [0.1, 0.15) is 66.2 Å². The number of hydrogen-bond donors (Lipinski definition) is 2. The largest absolute Gasteiger partial charge is 0.375 e. The molecule has 1 saturated heterocycles. The van der Waals surface area contributed by atoms with E-state index in [0.29, 0.717) is 24.3 Å². The lowest BCUT2D eigenvalue weighted by Crippen LogP contribution is -2.45. The van der Waals surface area contributed by atoms with Gasteiger partial charge in [0, 0.05) is 25.2 Å². The van der Waals surface area contributed by atoms with Gasteiger partial charge in [-0.1, -0.05) is 20.8 Å². The molecular formula is C20H41N3O. The fourth-order valence-corrected chi connectivity index (χ4v) is 4.14. The summed E-state index contributed by atoms with van der Waals surface area (Å²) in [5.41, 5.74) is 0. The van der Waals surface area contributed by atoms with Crippen molar-refractivity contribution >= 4 is 0 Å². The van der Waals surface area contributed by atoms with Crippen molar-refractivity contribution in [3.8, 4) is 0 Å². The van der Waals surface area contributed by atoms with Crippen LogP contribution in [0.3, 0.4) is 0 Å². The molecule has 142 valence electrons. The Labute approximate surface area is 150 Å². The molecular weight excluding hydrogens is 298 g/mol. The van der Waals surface area contributed by atoms with Crippen LogP contribution >= 0.6 is 0 Å². The zero-order valence-corrected chi connectivity index (χ0v) is 16.5. The summed E-state index contributed by atoms with van der Waals surface area (Å²) >= 11 is 0. The van der Waals surface area contributed by atoms with Gasteiger partial charge in [0.25, 0.3) is 0 Å². The Morgan fingerprint density at radius 2 is 1.62 bits per heavy atom. The van der Waals surface area contributed by atoms with E-state index in [4.69, 9.17) is 4.74 Å². The van der Waals surface area contributed by atoms with Crippen molar-refractivity contribution in [1.29, 1.82) is 0 Å². The second-order valence-corrected chi connectivity index (χ2v) is 8.23. The number of likely N-dealkylation sites (N-methyl/N-ethyl adjacent to an activating group) is 1. The minimum Gasteiger partial charge on any atom is -0.375 e. The first kappa shape index (κ1) is 20.2. The van der Waals surface area contributed by atoms with Crippen LogP contribution < -0.4 is 10.6 Å². The molecule has 4 heteroatoms. The minimum absolute atomic E-state index is 0.516. The quantitative estimate of drug-likeness (QED) is 0.677. The molecule has 1 saturated carbocycles. The van der Waals surface area contributed by atoms with E-state index in [1.54, 1.807) is 0 Å². The van der Waals surface area contributed by atoms with Gasteiger partial charge in [-0.2, -0.15) is 0 Å². The maximum Gasteiger partial charge on any atom is 0.0603 e. The van der Waals surface area contributed by atoms with E-state index in [-0.39, 0.29) is 0 Å². The summed E-state index contributed by atoms with van der Waals surface area (Å²) in [7, 11) is 0. The van der Waals surface area contributed by atoms with Crippen molar-refractivity contribution in [2.45, 2.75) is 90.5 Å². The Hall–Kier alpha value is -0.160. The highest BCUT2D eigenvalue weighted by atomic mass is 16.5. The lowest BCUT2D eigenvalue weighted by atomic mass is 9.86. The number of rotatable bonds is 9. The zero-order chi connectivity index (χ0) is 17.4. The smallest absolute Gasteiger partial charge is 0.0603 e. The number of piperidine rings is 1. The molecule has 2 N–H and O–H groups in total. The fourth-order valence-electron chi connectivity index (χ4n) is 4.14. The van der Waals surface area contributed by atoms with Crippen LogP contribution in [0, 0.1) is 5.92 Å². The van der Waals surface area contributed by atoms with Crippen molar-refractivity contribution in [3.63, 3.8) is 0 Å². The molecule has 0 aromatic heterocycles. The first-order valence-electron chi connectivity index (χ1n) is 10.4. The van der Waals surface area contributed by atoms with Crippen LogP contribution in [0.15, 0.2) is 0 Å². The van der Waals surface area contributed by atoms with E-state index in [1.165, 1.54) is 45.1 Å². The molecule has 1 atom stereocenters. The normalized spacial score (nSPS) is 27.8. The molecule has 2 rings (SSSR count). The van der Waals surface area contributed by atoms with E-state index < -0.39 is 0 Å². The van der Waals surface area contributed by atoms with Crippen LogP contribution in [-0.2, 0) is 4.74 Å². The highest BCUT2D eigenvalue weighted by Gasteiger charge is 2.26. The van der Waals surface area contributed by atoms with Gasteiger partial charge >= 0.3 is 0 Å². The van der Waals surface area contributed by atoms with Gasteiger partial charge in [-0.25, -0.2) is 0 Å².